The molecule has 0 radical (unpaired) electrons. The van der Waals surface area contributed by atoms with Crippen molar-refractivity contribution >= 4 is 5.97 Å². The summed E-state index contributed by atoms with van der Waals surface area (Å²) in [6.07, 6.45) is 6.15. The number of hydrogen-bond donors (Lipinski definition) is 2. The predicted molar refractivity (Wildman–Crippen MR) is 111 cm³/mol. The molecule has 0 aromatic rings. The molecule has 0 spiro atoms. The van der Waals surface area contributed by atoms with Crippen LogP contribution in [0.25, 0.3) is 0 Å². The summed E-state index contributed by atoms with van der Waals surface area (Å²) in [6.45, 7) is 25.1. The highest BCUT2D eigenvalue weighted by Gasteiger charge is 1.85. The number of hydrogen-bond acceptors (Lipinski definition) is 5. The van der Waals surface area contributed by atoms with Crippen LogP contribution in [0.2, 0.25) is 0 Å². The van der Waals surface area contributed by atoms with Crippen LogP contribution in [-0.4, -0.2) is 49.2 Å². The SMILES string of the molecule is C=CC.C=CC.C=CC.CCCOC(C)=O.CCOCC.OCCO. The molecule has 0 unspecified atom stereocenters. The van der Waals surface area contributed by atoms with E-state index in [1.165, 1.54) is 6.92 Å². The fraction of sp³-hybridized carbons (Fsp3) is 0.650. The molecule has 5 nitrogen and oxygen atoms in total. The van der Waals surface area contributed by atoms with Gasteiger partial charge in [0.1, 0.15) is 0 Å². The zero-order chi connectivity index (χ0) is 21.4. The Morgan fingerprint density at radius 3 is 1.20 bits per heavy atom. The van der Waals surface area contributed by atoms with Crippen LogP contribution in [0, 0.1) is 0 Å². The summed E-state index contributed by atoms with van der Waals surface area (Å²) >= 11 is 0. The van der Waals surface area contributed by atoms with Crippen molar-refractivity contribution in [2.24, 2.45) is 0 Å². The minimum Gasteiger partial charge on any atom is -0.466 e. The average Bonchev–Trinajstić information content (AvgIpc) is 2.57. The molecule has 0 fully saturated rings. The standard InChI is InChI=1S/C5H10O2.C4H10O.3C3H6.C2H6O2/c1-3-4-7-5(2)6;1-3-5-4-2;3*1-3-2;3-1-2-4/h3-4H2,1-2H3;3-4H2,1-2H3;3*3H,1H2,2H3;3-4H,1-2H2. The van der Waals surface area contributed by atoms with E-state index in [0.29, 0.717) is 6.61 Å². The molecule has 0 bridgehead atoms. The van der Waals surface area contributed by atoms with Crippen molar-refractivity contribution in [1.82, 2.24) is 0 Å². The molecule has 0 aliphatic carbocycles. The first-order valence-corrected chi connectivity index (χ1v) is 8.48. The molecule has 0 heterocycles. The first-order valence-electron chi connectivity index (χ1n) is 8.48. The van der Waals surface area contributed by atoms with Crippen LogP contribution < -0.4 is 0 Å². The number of esters is 1. The molecule has 0 saturated carbocycles. The van der Waals surface area contributed by atoms with Gasteiger partial charge in [-0.15, -0.1) is 19.7 Å². The molecule has 0 aliphatic heterocycles. The largest absolute Gasteiger partial charge is 0.466 e. The molecule has 0 atom stereocenters. The van der Waals surface area contributed by atoms with Crippen molar-refractivity contribution in [3.8, 4) is 0 Å². The summed E-state index contributed by atoms with van der Waals surface area (Å²) in [5, 5.41) is 15.2. The summed E-state index contributed by atoms with van der Waals surface area (Å²) in [5.74, 6) is -0.193. The zero-order valence-electron chi connectivity index (χ0n) is 17.7. The van der Waals surface area contributed by atoms with Crippen molar-refractivity contribution in [3.63, 3.8) is 0 Å². The highest BCUT2D eigenvalue weighted by molar-refractivity contribution is 5.65. The van der Waals surface area contributed by atoms with Gasteiger partial charge in [-0.1, -0.05) is 25.2 Å². The Hall–Kier alpha value is -1.43. The summed E-state index contributed by atoms with van der Waals surface area (Å²) in [7, 11) is 0. The number of rotatable bonds is 5. The maximum absolute atomic E-state index is 9.98. The number of aliphatic hydroxyl groups excluding tert-OH is 2. The van der Waals surface area contributed by atoms with Gasteiger partial charge in [0.25, 0.3) is 0 Å². The Bertz CT molecular complexity index is 198. The van der Waals surface area contributed by atoms with Crippen LogP contribution in [-0.2, 0) is 14.3 Å². The fourth-order valence-electron chi connectivity index (χ4n) is 0.450. The van der Waals surface area contributed by atoms with Crippen LogP contribution in [0.3, 0.4) is 0 Å². The zero-order valence-corrected chi connectivity index (χ0v) is 17.7. The van der Waals surface area contributed by atoms with Gasteiger partial charge in [0, 0.05) is 20.1 Å². The Kier molecular flexibility index (Phi) is 103. The van der Waals surface area contributed by atoms with Crippen molar-refractivity contribution in [3.05, 3.63) is 38.0 Å². The summed E-state index contributed by atoms with van der Waals surface area (Å²) < 4.78 is 9.39. The van der Waals surface area contributed by atoms with Crippen LogP contribution in [0.15, 0.2) is 38.0 Å². The quantitative estimate of drug-likeness (QED) is 0.553. The third-order valence-corrected chi connectivity index (χ3v) is 1.02. The van der Waals surface area contributed by atoms with E-state index in [9.17, 15) is 4.79 Å². The van der Waals surface area contributed by atoms with Crippen molar-refractivity contribution in [1.29, 1.82) is 0 Å². The number of ether oxygens (including phenoxy) is 2. The van der Waals surface area contributed by atoms with E-state index in [-0.39, 0.29) is 19.2 Å². The van der Waals surface area contributed by atoms with Gasteiger partial charge >= 0.3 is 5.97 Å². The second kappa shape index (κ2) is 66.5. The molecule has 0 rings (SSSR count). The molecule has 5 heteroatoms. The van der Waals surface area contributed by atoms with Gasteiger partial charge in [0.05, 0.1) is 19.8 Å². The first kappa shape index (κ1) is 38.9. The molecule has 0 aliphatic rings. The molecule has 0 aromatic heterocycles. The van der Waals surface area contributed by atoms with Crippen molar-refractivity contribution in [2.45, 2.75) is 54.9 Å². The second-order valence-electron chi connectivity index (χ2n) is 3.79. The van der Waals surface area contributed by atoms with Gasteiger partial charge in [-0.3, -0.25) is 4.79 Å². The molecule has 0 aromatic carbocycles. The molecule has 2 N–H and O–H groups in total. The number of aliphatic hydroxyl groups is 2. The monoisotopic (exact) mass is 364 g/mol. The van der Waals surface area contributed by atoms with Crippen LogP contribution in [0.5, 0.6) is 0 Å². The lowest BCUT2D eigenvalue weighted by Crippen LogP contribution is -1.98. The molecule has 154 valence electrons. The molecule has 25 heavy (non-hydrogen) atoms. The van der Waals surface area contributed by atoms with Crippen LogP contribution in [0.1, 0.15) is 54.9 Å². The number of allylic oxidation sites excluding steroid dienone is 3. The van der Waals surface area contributed by atoms with Crippen LogP contribution >= 0.6 is 0 Å². The fourth-order valence-corrected chi connectivity index (χ4v) is 0.450. The molecular formula is C20H44O5. The molecular weight excluding hydrogens is 320 g/mol. The minimum absolute atomic E-state index is 0.125. The third-order valence-electron chi connectivity index (χ3n) is 1.02. The highest BCUT2D eigenvalue weighted by Crippen LogP contribution is 1.78. The lowest BCUT2D eigenvalue weighted by molar-refractivity contribution is -0.140. The van der Waals surface area contributed by atoms with Gasteiger partial charge < -0.3 is 19.7 Å². The van der Waals surface area contributed by atoms with Gasteiger partial charge in [0.15, 0.2) is 0 Å². The Morgan fingerprint density at radius 1 is 0.880 bits per heavy atom. The van der Waals surface area contributed by atoms with E-state index in [1.54, 1.807) is 18.2 Å². The second-order valence-corrected chi connectivity index (χ2v) is 3.79. The van der Waals surface area contributed by atoms with Crippen molar-refractivity contribution in [2.75, 3.05) is 33.0 Å². The Labute approximate surface area is 157 Å². The first-order chi connectivity index (χ1) is 11.8. The summed E-state index contributed by atoms with van der Waals surface area (Å²) in [6, 6.07) is 0. The van der Waals surface area contributed by atoms with Gasteiger partial charge in [-0.05, 0) is 41.0 Å². The van der Waals surface area contributed by atoms with Gasteiger partial charge in [-0.2, -0.15) is 0 Å². The van der Waals surface area contributed by atoms with E-state index >= 15 is 0 Å². The lowest BCUT2D eigenvalue weighted by Gasteiger charge is -1.93. The highest BCUT2D eigenvalue weighted by atomic mass is 16.5. The maximum Gasteiger partial charge on any atom is 0.302 e. The van der Waals surface area contributed by atoms with Gasteiger partial charge in [0.2, 0.25) is 0 Å². The lowest BCUT2D eigenvalue weighted by atomic mass is 10.5. The van der Waals surface area contributed by atoms with Gasteiger partial charge in [-0.25, -0.2) is 0 Å². The van der Waals surface area contributed by atoms with E-state index in [1.807, 2.05) is 41.5 Å². The third kappa shape index (κ3) is 308. The van der Waals surface area contributed by atoms with Crippen molar-refractivity contribution < 1.29 is 24.5 Å². The molecule has 0 amide bonds. The Balaban J connectivity index is -0.0000000451. The van der Waals surface area contributed by atoms with E-state index in [0.717, 1.165) is 19.6 Å². The smallest absolute Gasteiger partial charge is 0.302 e. The normalized spacial score (nSPS) is 6.76. The topological polar surface area (TPSA) is 76.0 Å². The Morgan fingerprint density at radius 2 is 1.16 bits per heavy atom. The van der Waals surface area contributed by atoms with E-state index < -0.39 is 0 Å². The van der Waals surface area contributed by atoms with E-state index in [4.69, 9.17) is 14.9 Å². The summed E-state index contributed by atoms with van der Waals surface area (Å²) in [4.78, 5) is 9.98. The number of carbonyl (C=O) groups excluding carboxylic acids is 1. The maximum atomic E-state index is 9.98. The minimum atomic E-state index is -0.193. The van der Waals surface area contributed by atoms with E-state index in [2.05, 4.69) is 24.5 Å². The predicted octanol–water partition coefficient (Wildman–Crippen LogP) is 4.55. The number of carbonyl (C=O) groups is 1. The van der Waals surface area contributed by atoms with Crippen LogP contribution in [0.4, 0.5) is 0 Å². The average molecular weight is 365 g/mol. The molecule has 0 saturated heterocycles. The summed E-state index contributed by atoms with van der Waals surface area (Å²) in [5.41, 5.74) is 0.